The summed E-state index contributed by atoms with van der Waals surface area (Å²) < 4.78 is 1.59. The zero-order chi connectivity index (χ0) is 14.8. The molecule has 3 rings (SSSR count). The van der Waals surface area contributed by atoms with Crippen LogP contribution >= 0.6 is 0 Å². The normalized spacial score (nSPS) is 15.5. The number of aliphatic hydroxyl groups is 1. The van der Waals surface area contributed by atoms with Gasteiger partial charge in [-0.25, -0.2) is 9.67 Å². The maximum Gasteiger partial charge on any atom is 0.137 e. The van der Waals surface area contributed by atoms with Crippen LogP contribution in [-0.4, -0.2) is 38.2 Å². The zero-order valence-corrected chi connectivity index (χ0v) is 12.6. The number of aryl methyl sites for hydroxylation is 2. The fourth-order valence-electron chi connectivity index (χ4n) is 2.91. The Morgan fingerprint density at radius 3 is 2.62 bits per heavy atom. The topological polar surface area (TPSA) is 67.1 Å². The average Bonchev–Trinajstić information content (AvgIpc) is 2.89. The minimum absolute atomic E-state index is 0.0898. The van der Waals surface area contributed by atoms with Crippen molar-refractivity contribution in [1.82, 2.24) is 20.0 Å². The SMILES string of the molecule is Cc1nc(-c2nnn(C)c2CO)ccc1N1CCCCC1. The van der Waals surface area contributed by atoms with Gasteiger partial charge in [0.1, 0.15) is 5.69 Å². The summed E-state index contributed by atoms with van der Waals surface area (Å²) >= 11 is 0. The number of aromatic nitrogens is 4. The lowest BCUT2D eigenvalue weighted by Crippen LogP contribution is -2.30. The van der Waals surface area contributed by atoms with Crippen molar-refractivity contribution in [3.63, 3.8) is 0 Å². The second-order valence-electron chi connectivity index (χ2n) is 5.52. The van der Waals surface area contributed by atoms with E-state index >= 15 is 0 Å². The summed E-state index contributed by atoms with van der Waals surface area (Å²) in [5.41, 5.74) is 4.32. The molecule has 112 valence electrons. The lowest BCUT2D eigenvalue weighted by atomic mass is 10.1. The standard InChI is InChI=1S/C15H21N5O/c1-11-13(20-8-4-3-5-9-20)7-6-12(16-11)15-14(10-21)19(2)18-17-15/h6-7,21H,3-5,8-10H2,1-2H3. The van der Waals surface area contributed by atoms with E-state index in [-0.39, 0.29) is 6.61 Å². The summed E-state index contributed by atoms with van der Waals surface area (Å²) in [4.78, 5) is 7.07. The van der Waals surface area contributed by atoms with Gasteiger partial charge in [-0.05, 0) is 38.3 Å². The Bertz CT molecular complexity index is 631. The first-order valence-electron chi connectivity index (χ1n) is 7.43. The Morgan fingerprint density at radius 2 is 1.95 bits per heavy atom. The first-order valence-corrected chi connectivity index (χ1v) is 7.43. The summed E-state index contributed by atoms with van der Waals surface area (Å²) in [6, 6.07) is 4.08. The Labute approximate surface area is 124 Å². The van der Waals surface area contributed by atoms with Crippen LogP contribution in [0.1, 0.15) is 30.7 Å². The molecule has 6 nitrogen and oxygen atoms in total. The first-order chi connectivity index (χ1) is 10.2. The van der Waals surface area contributed by atoms with Crippen LogP contribution in [-0.2, 0) is 13.7 Å². The van der Waals surface area contributed by atoms with E-state index in [9.17, 15) is 5.11 Å². The Balaban J connectivity index is 1.93. The van der Waals surface area contributed by atoms with E-state index in [1.807, 2.05) is 13.0 Å². The molecule has 3 heterocycles. The summed E-state index contributed by atoms with van der Waals surface area (Å²) in [6.07, 6.45) is 3.82. The molecule has 1 saturated heterocycles. The fourth-order valence-corrected chi connectivity index (χ4v) is 2.91. The highest BCUT2D eigenvalue weighted by molar-refractivity contribution is 5.62. The van der Waals surface area contributed by atoms with Gasteiger partial charge in [0.2, 0.25) is 0 Å². The molecule has 0 aromatic carbocycles. The van der Waals surface area contributed by atoms with Crippen LogP contribution < -0.4 is 4.90 Å². The van der Waals surface area contributed by atoms with Gasteiger partial charge in [-0.1, -0.05) is 5.21 Å². The van der Waals surface area contributed by atoms with Crippen molar-refractivity contribution in [2.75, 3.05) is 18.0 Å². The number of rotatable bonds is 3. The molecule has 0 saturated carbocycles. The molecule has 0 aliphatic carbocycles. The zero-order valence-electron chi connectivity index (χ0n) is 12.6. The fraction of sp³-hybridized carbons (Fsp3) is 0.533. The molecule has 2 aromatic heterocycles. The molecule has 0 unspecified atom stereocenters. The Hall–Kier alpha value is -1.95. The van der Waals surface area contributed by atoms with Crippen LogP contribution in [0, 0.1) is 6.92 Å². The van der Waals surface area contributed by atoms with Crippen molar-refractivity contribution in [1.29, 1.82) is 0 Å². The van der Waals surface area contributed by atoms with Gasteiger partial charge >= 0.3 is 0 Å². The van der Waals surface area contributed by atoms with Gasteiger partial charge in [-0.2, -0.15) is 0 Å². The maximum absolute atomic E-state index is 9.44. The third kappa shape index (κ3) is 2.63. The van der Waals surface area contributed by atoms with E-state index < -0.39 is 0 Å². The average molecular weight is 287 g/mol. The summed E-state index contributed by atoms with van der Waals surface area (Å²) in [5, 5.41) is 17.5. The van der Waals surface area contributed by atoms with E-state index in [0.29, 0.717) is 11.4 Å². The van der Waals surface area contributed by atoms with Crippen LogP contribution in [0.2, 0.25) is 0 Å². The van der Waals surface area contributed by atoms with Crippen molar-refractivity contribution >= 4 is 5.69 Å². The molecule has 1 aliphatic rings. The van der Waals surface area contributed by atoms with E-state index in [2.05, 4.69) is 26.3 Å². The van der Waals surface area contributed by atoms with Crippen LogP contribution in [0.15, 0.2) is 12.1 Å². The molecule has 2 aromatic rings. The third-order valence-corrected chi connectivity index (χ3v) is 4.09. The summed E-state index contributed by atoms with van der Waals surface area (Å²) in [7, 11) is 1.77. The first kappa shape index (κ1) is 14.0. The van der Waals surface area contributed by atoms with Gasteiger partial charge in [-0.15, -0.1) is 5.10 Å². The van der Waals surface area contributed by atoms with Gasteiger partial charge < -0.3 is 10.0 Å². The van der Waals surface area contributed by atoms with Gasteiger partial charge in [0.15, 0.2) is 0 Å². The second-order valence-corrected chi connectivity index (χ2v) is 5.52. The van der Waals surface area contributed by atoms with E-state index in [4.69, 9.17) is 0 Å². The monoisotopic (exact) mass is 287 g/mol. The predicted molar refractivity (Wildman–Crippen MR) is 81.0 cm³/mol. The largest absolute Gasteiger partial charge is 0.390 e. The van der Waals surface area contributed by atoms with E-state index in [0.717, 1.165) is 24.5 Å². The lowest BCUT2D eigenvalue weighted by molar-refractivity contribution is 0.271. The molecule has 21 heavy (non-hydrogen) atoms. The maximum atomic E-state index is 9.44. The molecule has 0 atom stereocenters. The highest BCUT2D eigenvalue weighted by Crippen LogP contribution is 2.26. The van der Waals surface area contributed by atoms with Gasteiger partial charge in [0.25, 0.3) is 0 Å². The number of aliphatic hydroxyl groups excluding tert-OH is 1. The molecule has 1 fully saturated rings. The minimum Gasteiger partial charge on any atom is -0.390 e. The molecule has 1 N–H and O–H groups in total. The molecular weight excluding hydrogens is 266 g/mol. The summed E-state index contributed by atoms with van der Waals surface area (Å²) in [5.74, 6) is 0. The van der Waals surface area contributed by atoms with Crippen LogP contribution in [0.25, 0.3) is 11.4 Å². The minimum atomic E-state index is -0.0898. The molecule has 0 bridgehead atoms. The molecule has 6 heteroatoms. The predicted octanol–water partition coefficient (Wildman–Crippen LogP) is 1.67. The smallest absolute Gasteiger partial charge is 0.137 e. The van der Waals surface area contributed by atoms with Crippen molar-refractivity contribution in [3.8, 4) is 11.4 Å². The molecule has 0 radical (unpaired) electrons. The highest BCUT2D eigenvalue weighted by Gasteiger charge is 2.17. The molecular formula is C15H21N5O. The van der Waals surface area contributed by atoms with Gasteiger partial charge in [-0.3, -0.25) is 0 Å². The second kappa shape index (κ2) is 5.81. The number of anilines is 1. The lowest BCUT2D eigenvalue weighted by Gasteiger charge is -2.29. The number of hydrogen-bond acceptors (Lipinski definition) is 5. The molecule has 0 spiro atoms. The Morgan fingerprint density at radius 1 is 1.19 bits per heavy atom. The van der Waals surface area contributed by atoms with E-state index in [1.54, 1.807) is 11.7 Å². The molecule has 0 amide bonds. The van der Waals surface area contributed by atoms with Crippen LogP contribution in [0.5, 0.6) is 0 Å². The third-order valence-electron chi connectivity index (χ3n) is 4.09. The van der Waals surface area contributed by atoms with Crippen molar-refractivity contribution in [2.24, 2.45) is 7.05 Å². The van der Waals surface area contributed by atoms with Gasteiger partial charge in [0.05, 0.1) is 29.4 Å². The highest BCUT2D eigenvalue weighted by atomic mass is 16.3. The van der Waals surface area contributed by atoms with Gasteiger partial charge in [0, 0.05) is 20.1 Å². The van der Waals surface area contributed by atoms with Crippen molar-refractivity contribution in [3.05, 3.63) is 23.5 Å². The quantitative estimate of drug-likeness (QED) is 0.930. The molecule has 1 aliphatic heterocycles. The Kier molecular flexibility index (Phi) is 3.88. The van der Waals surface area contributed by atoms with E-state index in [1.165, 1.54) is 24.9 Å². The van der Waals surface area contributed by atoms with Crippen molar-refractivity contribution < 1.29 is 5.11 Å². The van der Waals surface area contributed by atoms with Crippen LogP contribution in [0.4, 0.5) is 5.69 Å². The van der Waals surface area contributed by atoms with Crippen LogP contribution in [0.3, 0.4) is 0 Å². The van der Waals surface area contributed by atoms with Crippen molar-refractivity contribution in [2.45, 2.75) is 32.8 Å². The number of pyridine rings is 1. The number of piperidine rings is 1. The number of hydrogen-bond donors (Lipinski definition) is 1. The number of nitrogens with zero attached hydrogens (tertiary/aromatic N) is 5. The summed E-state index contributed by atoms with van der Waals surface area (Å²) in [6.45, 7) is 4.15.